The van der Waals surface area contributed by atoms with Crippen molar-refractivity contribution in [3.8, 4) is 0 Å². The number of pyridine rings is 1. The van der Waals surface area contributed by atoms with Crippen LogP contribution in [0.15, 0.2) is 35.4 Å². The summed E-state index contributed by atoms with van der Waals surface area (Å²) in [5.41, 5.74) is 10.7. The lowest BCUT2D eigenvalue weighted by Gasteiger charge is -2.37. The van der Waals surface area contributed by atoms with E-state index in [4.69, 9.17) is 9.72 Å². The van der Waals surface area contributed by atoms with Crippen LogP contribution in [-0.2, 0) is 28.8 Å². The Morgan fingerprint density at radius 1 is 1.11 bits per heavy atom. The number of hydrazone groups is 1. The highest BCUT2D eigenvalue weighted by atomic mass is 16.5. The van der Waals surface area contributed by atoms with Gasteiger partial charge in [0, 0.05) is 44.8 Å². The highest BCUT2D eigenvalue weighted by Gasteiger charge is 2.32. The van der Waals surface area contributed by atoms with Gasteiger partial charge in [-0.05, 0) is 54.5 Å². The quantitative estimate of drug-likeness (QED) is 0.608. The number of piperazine rings is 1. The number of carbonyl (C=O) groups excluding carboxylic acids is 2. The first-order valence-electron chi connectivity index (χ1n) is 12.8. The number of nitrogens with zero attached hydrogens (tertiary/aromatic N) is 5. The van der Waals surface area contributed by atoms with Crippen molar-refractivity contribution in [2.45, 2.75) is 38.0 Å². The molecule has 36 heavy (non-hydrogen) atoms. The number of aromatic nitrogens is 1. The first-order valence-corrected chi connectivity index (χ1v) is 12.8. The third-order valence-electron chi connectivity index (χ3n) is 7.62. The minimum atomic E-state index is -0.212. The van der Waals surface area contributed by atoms with Crippen molar-refractivity contribution in [3.05, 3.63) is 58.3 Å². The third kappa shape index (κ3) is 4.54. The smallest absolute Gasteiger partial charge is 0.338 e. The zero-order chi connectivity index (χ0) is 24.5. The number of amides is 1. The van der Waals surface area contributed by atoms with Gasteiger partial charge in [0.1, 0.15) is 12.2 Å². The van der Waals surface area contributed by atoms with Crippen LogP contribution < -0.4 is 16.1 Å². The predicted octanol–water partition coefficient (Wildman–Crippen LogP) is 1.37. The van der Waals surface area contributed by atoms with E-state index in [1.165, 1.54) is 5.56 Å². The molecule has 4 aliphatic rings. The average molecular weight is 490 g/mol. The van der Waals surface area contributed by atoms with E-state index in [0.29, 0.717) is 12.2 Å². The summed E-state index contributed by atoms with van der Waals surface area (Å²) in [6, 6.07) is 10.1. The Labute approximate surface area is 210 Å². The SMILES string of the molecule is O=C1OCCc2cc(CCN3CCN(C(=O)C4CCCc5nc(N6C=NNN6)ccc54)CC3)ccc21. The normalized spacial score (nSPS) is 21.6. The van der Waals surface area contributed by atoms with E-state index in [9.17, 15) is 9.59 Å². The zero-order valence-corrected chi connectivity index (χ0v) is 20.3. The highest BCUT2D eigenvalue weighted by Crippen LogP contribution is 2.33. The van der Waals surface area contributed by atoms with Crippen molar-refractivity contribution in [3.63, 3.8) is 0 Å². The van der Waals surface area contributed by atoms with Crippen molar-refractivity contribution in [1.29, 1.82) is 0 Å². The number of anilines is 1. The summed E-state index contributed by atoms with van der Waals surface area (Å²) in [6.07, 6.45) is 6.11. The van der Waals surface area contributed by atoms with Crippen LogP contribution in [0, 0.1) is 0 Å². The summed E-state index contributed by atoms with van der Waals surface area (Å²) in [5, 5.41) is 5.66. The van der Waals surface area contributed by atoms with Crippen LogP contribution in [0.1, 0.15) is 51.5 Å². The van der Waals surface area contributed by atoms with Crippen molar-refractivity contribution in [1.82, 2.24) is 25.9 Å². The van der Waals surface area contributed by atoms with Gasteiger partial charge in [-0.1, -0.05) is 18.2 Å². The Hall–Kier alpha value is -3.50. The lowest BCUT2D eigenvalue weighted by atomic mass is 9.84. The monoisotopic (exact) mass is 489 g/mol. The van der Waals surface area contributed by atoms with E-state index in [0.717, 1.165) is 87.5 Å². The minimum absolute atomic E-state index is 0.109. The summed E-state index contributed by atoms with van der Waals surface area (Å²) >= 11 is 0. The molecule has 6 rings (SSSR count). The number of hydrogen-bond donors (Lipinski definition) is 2. The second-order valence-electron chi connectivity index (χ2n) is 9.78. The molecular weight excluding hydrogens is 458 g/mol. The Morgan fingerprint density at radius 2 is 2.00 bits per heavy atom. The number of benzene rings is 1. The molecule has 188 valence electrons. The third-order valence-corrected chi connectivity index (χ3v) is 7.62. The molecular formula is C26H31N7O3. The molecule has 10 heteroatoms. The number of carbonyl (C=O) groups is 2. The molecule has 1 aromatic carbocycles. The van der Waals surface area contributed by atoms with Crippen LogP contribution in [0.3, 0.4) is 0 Å². The number of hydrazine groups is 2. The molecule has 2 aromatic rings. The van der Waals surface area contributed by atoms with E-state index >= 15 is 0 Å². The topological polar surface area (TPSA) is 102 Å². The Kier molecular flexibility index (Phi) is 6.28. The maximum atomic E-state index is 13.5. The summed E-state index contributed by atoms with van der Waals surface area (Å²) < 4.78 is 5.12. The number of rotatable bonds is 5. The summed E-state index contributed by atoms with van der Waals surface area (Å²) in [7, 11) is 0. The maximum absolute atomic E-state index is 13.5. The van der Waals surface area contributed by atoms with Gasteiger partial charge >= 0.3 is 5.97 Å². The van der Waals surface area contributed by atoms with Gasteiger partial charge < -0.3 is 9.64 Å². The molecule has 1 unspecified atom stereocenters. The molecule has 10 nitrogen and oxygen atoms in total. The molecule has 1 aromatic heterocycles. The Morgan fingerprint density at radius 3 is 2.83 bits per heavy atom. The Balaban J connectivity index is 1.04. The van der Waals surface area contributed by atoms with Crippen LogP contribution in [0.2, 0.25) is 0 Å². The van der Waals surface area contributed by atoms with E-state index in [2.05, 4.69) is 33.2 Å². The van der Waals surface area contributed by atoms with Gasteiger partial charge in [-0.2, -0.15) is 5.10 Å². The van der Waals surface area contributed by atoms with Gasteiger partial charge in [-0.25, -0.2) is 20.3 Å². The standard InChI is InChI=1S/C26H31N7O3/c34-25(22-2-1-3-23-21(22)6-7-24(28-23)33-17-27-29-30-33)32-13-11-31(12-14-32)10-8-18-4-5-20-19(16-18)9-15-36-26(20)35/h4-7,16-17,22,29-30H,1-3,8-15H2. The number of hydrogen-bond acceptors (Lipinski definition) is 9. The minimum Gasteiger partial charge on any atom is -0.462 e. The molecule has 0 saturated carbocycles. The number of esters is 1. The molecule has 1 amide bonds. The fraction of sp³-hybridized carbons (Fsp3) is 0.462. The summed E-state index contributed by atoms with van der Waals surface area (Å²) in [5.74, 6) is 0.676. The number of fused-ring (bicyclic) bond motifs is 2. The average Bonchev–Trinajstić information content (AvgIpc) is 3.46. The maximum Gasteiger partial charge on any atom is 0.338 e. The number of aryl methyl sites for hydroxylation is 1. The van der Waals surface area contributed by atoms with Crippen LogP contribution >= 0.6 is 0 Å². The predicted molar refractivity (Wildman–Crippen MR) is 134 cm³/mol. The number of nitrogens with one attached hydrogen (secondary N) is 2. The summed E-state index contributed by atoms with van der Waals surface area (Å²) in [6.45, 7) is 4.69. The van der Waals surface area contributed by atoms with Crippen LogP contribution in [-0.4, -0.2) is 72.3 Å². The van der Waals surface area contributed by atoms with Crippen LogP contribution in [0.5, 0.6) is 0 Å². The number of cyclic esters (lactones) is 1. The fourth-order valence-corrected chi connectivity index (χ4v) is 5.59. The van der Waals surface area contributed by atoms with Crippen molar-refractivity contribution < 1.29 is 14.3 Å². The molecule has 1 saturated heterocycles. The number of ether oxygens (including phenoxy) is 1. The first-order chi connectivity index (χ1) is 17.7. The molecule has 0 bridgehead atoms. The molecule has 1 fully saturated rings. The van der Waals surface area contributed by atoms with Gasteiger partial charge in [0.15, 0.2) is 0 Å². The van der Waals surface area contributed by atoms with E-state index in [1.807, 2.05) is 23.1 Å². The molecule has 1 aliphatic carbocycles. The van der Waals surface area contributed by atoms with Gasteiger partial charge in [0.25, 0.3) is 0 Å². The Bertz CT molecular complexity index is 1190. The van der Waals surface area contributed by atoms with Crippen molar-refractivity contribution >= 4 is 24.0 Å². The molecule has 1 atom stereocenters. The zero-order valence-electron chi connectivity index (χ0n) is 20.3. The van der Waals surface area contributed by atoms with Gasteiger partial charge in [-0.3, -0.25) is 9.69 Å². The lowest BCUT2D eigenvalue weighted by Crippen LogP contribution is -2.50. The van der Waals surface area contributed by atoms with Gasteiger partial charge in [0.05, 0.1) is 18.1 Å². The lowest BCUT2D eigenvalue weighted by molar-refractivity contribution is -0.135. The van der Waals surface area contributed by atoms with E-state index in [-0.39, 0.29) is 17.8 Å². The summed E-state index contributed by atoms with van der Waals surface area (Å²) in [4.78, 5) is 34.6. The van der Waals surface area contributed by atoms with Crippen LogP contribution in [0.4, 0.5) is 5.82 Å². The molecule has 0 radical (unpaired) electrons. The molecule has 4 heterocycles. The van der Waals surface area contributed by atoms with Gasteiger partial charge in [-0.15, -0.1) is 5.53 Å². The molecule has 2 N–H and O–H groups in total. The van der Waals surface area contributed by atoms with Crippen molar-refractivity contribution in [2.24, 2.45) is 5.10 Å². The first kappa shape index (κ1) is 22.9. The van der Waals surface area contributed by atoms with E-state index < -0.39 is 0 Å². The fourth-order valence-electron chi connectivity index (χ4n) is 5.59. The highest BCUT2D eigenvalue weighted by molar-refractivity contribution is 5.92. The van der Waals surface area contributed by atoms with Crippen LogP contribution in [0.25, 0.3) is 0 Å². The largest absolute Gasteiger partial charge is 0.462 e. The molecule has 3 aliphatic heterocycles. The van der Waals surface area contributed by atoms with Crippen molar-refractivity contribution in [2.75, 3.05) is 44.3 Å². The van der Waals surface area contributed by atoms with E-state index in [1.54, 1.807) is 11.3 Å². The second kappa shape index (κ2) is 9.87. The van der Waals surface area contributed by atoms with Gasteiger partial charge in [0.2, 0.25) is 5.91 Å². The second-order valence-corrected chi connectivity index (χ2v) is 9.78. The molecule has 0 spiro atoms.